The number of likely N-dealkylation sites (tertiary alicyclic amines) is 1. The van der Waals surface area contributed by atoms with Crippen LogP contribution in [0.5, 0.6) is 0 Å². The molecule has 7 nitrogen and oxygen atoms in total. The van der Waals surface area contributed by atoms with Gasteiger partial charge in [-0.15, -0.1) is 0 Å². The van der Waals surface area contributed by atoms with Gasteiger partial charge in [-0.2, -0.15) is 5.10 Å². The molecule has 1 fully saturated rings. The van der Waals surface area contributed by atoms with E-state index in [0.717, 1.165) is 42.5 Å². The SMILES string of the molecule is CN1CCC[C@@H](CN(C)C(=O)c2cc(-c3cnn(CCO)c3)nc3ccccc23)C1. The molecule has 7 heteroatoms. The number of carbonyl (C=O) groups excluding carboxylic acids is 1. The lowest BCUT2D eigenvalue weighted by Crippen LogP contribution is -2.40. The predicted molar refractivity (Wildman–Crippen MR) is 117 cm³/mol. The Kier molecular flexibility index (Phi) is 6.11. The van der Waals surface area contributed by atoms with Crippen molar-refractivity contribution in [1.82, 2.24) is 24.6 Å². The van der Waals surface area contributed by atoms with Gasteiger partial charge in [0, 0.05) is 37.3 Å². The van der Waals surface area contributed by atoms with E-state index in [-0.39, 0.29) is 12.5 Å². The third kappa shape index (κ3) is 4.37. The zero-order valence-electron chi connectivity index (χ0n) is 17.7. The van der Waals surface area contributed by atoms with Gasteiger partial charge in [0.1, 0.15) is 0 Å². The molecule has 1 saturated heterocycles. The predicted octanol–water partition coefficient (Wildman–Crippen LogP) is 2.50. The van der Waals surface area contributed by atoms with Gasteiger partial charge >= 0.3 is 0 Å². The smallest absolute Gasteiger partial charge is 0.254 e. The summed E-state index contributed by atoms with van der Waals surface area (Å²) in [7, 11) is 4.04. The van der Waals surface area contributed by atoms with Crippen LogP contribution in [-0.4, -0.2) is 75.9 Å². The summed E-state index contributed by atoms with van der Waals surface area (Å²) in [4.78, 5) is 22.4. The van der Waals surface area contributed by atoms with Gasteiger partial charge in [0.25, 0.3) is 5.91 Å². The van der Waals surface area contributed by atoms with Crippen molar-refractivity contribution in [1.29, 1.82) is 0 Å². The molecule has 2 aromatic heterocycles. The maximum absolute atomic E-state index is 13.4. The summed E-state index contributed by atoms with van der Waals surface area (Å²) in [6.45, 7) is 3.37. The van der Waals surface area contributed by atoms with Crippen LogP contribution >= 0.6 is 0 Å². The first-order chi connectivity index (χ1) is 14.5. The van der Waals surface area contributed by atoms with Crippen molar-refractivity contribution in [2.75, 3.05) is 40.3 Å². The number of hydrogen-bond acceptors (Lipinski definition) is 5. The lowest BCUT2D eigenvalue weighted by Gasteiger charge is -2.32. The molecule has 1 N–H and O–H groups in total. The zero-order valence-corrected chi connectivity index (χ0v) is 17.7. The van der Waals surface area contributed by atoms with Crippen LogP contribution in [0.2, 0.25) is 0 Å². The molecule has 1 amide bonds. The summed E-state index contributed by atoms with van der Waals surface area (Å²) in [5.41, 5.74) is 3.00. The maximum atomic E-state index is 13.4. The van der Waals surface area contributed by atoms with E-state index in [2.05, 4.69) is 17.0 Å². The summed E-state index contributed by atoms with van der Waals surface area (Å²) < 4.78 is 1.68. The van der Waals surface area contributed by atoms with E-state index in [1.54, 1.807) is 10.9 Å². The Morgan fingerprint density at radius 2 is 2.17 bits per heavy atom. The Morgan fingerprint density at radius 3 is 2.97 bits per heavy atom. The van der Waals surface area contributed by atoms with Gasteiger partial charge in [-0.3, -0.25) is 9.48 Å². The molecule has 3 heterocycles. The first kappa shape index (κ1) is 20.5. The Labute approximate surface area is 176 Å². The first-order valence-corrected chi connectivity index (χ1v) is 10.5. The van der Waals surface area contributed by atoms with Crippen LogP contribution in [0, 0.1) is 5.92 Å². The standard InChI is InChI=1S/C23H29N5O2/c1-26-9-5-6-17(14-26)15-27(2)23(30)20-12-22(18-13-24-28(16-18)10-11-29)25-21-8-4-3-7-19(20)21/h3-4,7-8,12-13,16-17,29H,5-6,9-11,14-15H2,1-2H3/t17-/m1/s1. The zero-order chi connectivity index (χ0) is 21.1. The van der Waals surface area contributed by atoms with Gasteiger partial charge in [-0.05, 0) is 44.5 Å². The van der Waals surface area contributed by atoms with Crippen LogP contribution < -0.4 is 0 Å². The highest BCUT2D eigenvalue weighted by molar-refractivity contribution is 6.07. The minimum absolute atomic E-state index is 0.0193. The fourth-order valence-electron chi connectivity index (χ4n) is 4.32. The summed E-state index contributed by atoms with van der Waals surface area (Å²) in [6.07, 6.45) is 5.92. The third-order valence-corrected chi connectivity index (χ3v) is 5.81. The normalized spacial score (nSPS) is 17.4. The number of aromatic nitrogens is 3. The van der Waals surface area contributed by atoms with Crippen LogP contribution in [0.1, 0.15) is 23.2 Å². The largest absolute Gasteiger partial charge is 0.394 e. The fourth-order valence-corrected chi connectivity index (χ4v) is 4.32. The molecule has 0 aliphatic carbocycles. The number of benzene rings is 1. The lowest BCUT2D eigenvalue weighted by molar-refractivity contribution is 0.0742. The van der Waals surface area contributed by atoms with Crippen LogP contribution in [-0.2, 0) is 6.54 Å². The summed E-state index contributed by atoms with van der Waals surface area (Å²) in [6, 6.07) is 9.63. The molecule has 0 saturated carbocycles. The number of aliphatic hydroxyl groups is 1. The number of fused-ring (bicyclic) bond motifs is 1. The minimum atomic E-state index is 0.0193. The molecule has 4 rings (SSSR count). The minimum Gasteiger partial charge on any atom is -0.394 e. The highest BCUT2D eigenvalue weighted by Crippen LogP contribution is 2.26. The molecule has 1 atom stereocenters. The van der Waals surface area contributed by atoms with Crippen molar-refractivity contribution >= 4 is 16.8 Å². The van der Waals surface area contributed by atoms with E-state index in [0.29, 0.717) is 23.7 Å². The Bertz CT molecular complexity index is 1030. The highest BCUT2D eigenvalue weighted by atomic mass is 16.3. The van der Waals surface area contributed by atoms with Crippen molar-refractivity contribution in [3.8, 4) is 11.3 Å². The average molecular weight is 408 g/mol. The Balaban J connectivity index is 1.65. The van der Waals surface area contributed by atoms with Gasteiger partial charge in [0.05, 0.1) is 36.1 Å². The van der Waals surface area contributed by atoms with Crippen molar-refractivity contribution in [3.63, 3.8) is 0 Å². The molecular formula is C23H29N5O2. The van der Waals surface area contributed by atoms with Crippen molar-refractivity contribution in [2.24, 2.45) is 5.92 Å². The van der Waals surface area contributed by atoms with Crippen molar-refractivity contribution in [3.05, 3.63) is 48.3 Å². The Hall–Kier alpha value is -2.77. The van der Waals surface area contributed by atoms with Gasteiger partial charge < -0.3 is 14.9 Å². The number of pyridine rings is 1. The van der Waals surface area contributed by atoms with E-state index < -0.39 is 0 Å². The topological polar surface area (TPSA) is 74.5 Å². The molecular weight excluding hydrogens is 378 g/mol. The van der Waals surface area contributed by atoms with Gasteiger partial charge in [-0.25, -0.2) is 4.98 Å². The van der Waals surface area contributed by atoms with Crippen LogP contribution in [0.3, 0.4) is 0 Å². The molecule has 0 bridgehead atoms. The second-order valence-electron chi connectivity index (χ2n) is 8.24. The van der Waals surface area contributed by atoms with Crippen LogP contribution in [0.15, 0.2) is 42.7 Å². The third-order valence-electron chi connectivity index (χ3n) is 5.81. The number of hydrogen-bond donors (Lipinski definition) is 1. The number of amides is 1. The quantitative estimate of drug-likeness (QED) is 0.680. The lowest BCUT2D eigenvalue weighted by atomic mass is 9.97. The van der Waals surface area contributed by atoms with E-state index in [1.807, 2.05) is 48.5 Å². The molecule has 3 aromatic rings. The van der Waals surface area contributed by atoms with Crippen LogP contribution in [0.25, 0.3) is 22.2 Å². The summed E-state index contributed by atoms with van der Waals surface area (Å²) >= 11 is 0. The van der Waals surface area contributed by atoms with E-state index in [4.69, 9.17) is 10.1 Å². The van der Waals surface area contributed by atoms with Gasteiger partial charge in [-0.1, -0.05) is 18.2 Å². The second kappa shape index (κ2) is 8.93. The van der Waals surface area contributed by atoms with E-state index in [1.165, 1.54) is 6.42 Å². The summed E-state index contributed by atoms with van der Waals surface area (Å²) in [5, 5.41) is 14.3. The van der Waals surface area contributed by atoms with Gasteiger partial charge in [0.2, 0.25) is 0 Å². The second-order valence-corrected chi connectivity index (χ2v) is 8.24. The molecule has 0 radical (unpaired) electrons. The maximum Gasteiger partial charge on any atom is 0.254 e. The average Bonchev–Trinajstić information content (AvgIpc) is 3.21. The summed E-state index contributed by atoms with van der Waals surface area (Å²) in [5.74, 6) is 0.521. The van der Waals surface area contributed by atoms with Crippen molar-refractivity contribution in [2.45, 2.75) is 19.4 Å². The number of nitrogens with zero attached hydrogens (tertiary/aromatic N) is 5. The van der Waals surface area contributed by atoms with Crippen LogP contribution in [0.4, 0.5) is 0 Å². The fraction of sp³-hybridized carbons (Fsp3) is 0.435. The van der Waals surface area contributed by atoms with Gasteiger partial charge in [0.15, 0.2) is 0 Å². The van der Waals surface area contributed by atoms with E-state index in [9.17, 15) is 4.79 Å². The molecule has 1 aromatic carbocycles. The number of piperidine rings is 1. The number of aliphatic hydroxyl groups excluding tert-OH is 1. The first-order valence-electron chi connectivity index (χ1n) is 10.5. The highest BCUT2D eigenvalue weighted by Gasteiger charge is 2.23. The molecule has 30 heavy (non-hydrogen) atoms. The molecule has 0 spiro atoms. The molecule has 1 aliphatic rings. The van der Waals surface area contributed by atoms with Crippen molar-refractivity contribution < 1.29 is 9.90 Å². The number of rotatable bonds is 6. The molecule has 0 unspecified atom stereocenters. The monoisotopic (exact) mass is 407 g/mol. The molecule has 158 valence electrons. The van der Waals surface area contributed by atoms with E-state index >= 15 is 0 Å². The molecule has 1 aliphatic heterocycles. The number of carbonyl (C=O) groups is 1. The number of para-hydroxylation sites is 1. The Morgan fingerprint density at radius 1 is 1.33 bits per heavy atom.